The Bertz CT molecular complexity index is 896. The zero-order chi connectivity index (χ0) is 23.4. The van der Waals surface area contributed by atoms with Gasteiger partial charge in [-0.05, 0) is 31.7 Å². The summed E-state index contributed by atoms with van der Waals surface area (Å²) in [6, 6.07) is 8.51. The summed E-state index contributed by atoms with van der Waals surface area (Å²) in [7, 11) is 0. The SMILES string of the molecule is CCn1c(SCC(=O)NCC(C)(C)N2CCOCC2)nnc1-c1ccc(C(C)(C)C)cc1. The van der Waals surface area contributed by atoms with Gasteiger partial charge in [-0.1, -0.05) is 56.8 Å². The van der Waals surface area contributed by atoms with E-state index in [1.54, 1.807) is 0 Å². The molecule has 0 unspecified atom stereocenters. The van der Waals surface area contributed by atoms with Gasteiger partial charge < -0.3 is 14.6 Å². The number of hydrogen-bond acceptors (Lipinski definition) is 6. The number of carbonyl (C=O) groups is 1. The first-order chi connectivity index (χ1) is 15.1. The minimum atomic E-state index is -0.0973. The predicted molar refractivity (Wildman–Crippen MR) is 130 cm³/mol. The lowest BCUT2D eigenvalue weighted by Crippen LogP contribution is -2.55. The number of hydrogen-bond donors (Lipinski definition) is 1. The Morgan fingerprint density at radius 2 is 1.75 bits per heavy atom. The fraction of sp³-hybridized carbons (Fsp3) is 0.625. The number of benzene rings is 1. The number of amides is 1. The van der Waals surface area contributed by atoms with Crippen LogP contribution in [0.15, 0.2) is 29.4 Å². The Morgan fingerprint density at radius 1 is 1.09 bits per heavy atom. The average Bonchev–Trinajstić information content (AvgIpc) is 3.19. The number of carbonyl (C=O) groups excluding carboxylic acids is 1. The fourth-order valence-corrected chi connectivity index (χ4v) is 4.62. The summed E-state index contributed by atoms with van der Waals surface area (Å²) in [5.74, 6) is 1.17. The number of ether oxygens (including phenoxy) is 1. The van der Waals surface area contributed by atoms with Crippen LogP contribution in [0.3, 0.4) is 0 Å². The lowest BCUT2D eigenvalue weighted by Gasteiger charge is -2.40. The van der Waals surface area contributed by atoms with Crippen molar-refractivity contribution in [2.45, 2.75) is 64.2 Å². The minimum Gasteiger partial charge on any atom is -0.379 e. The van der Waals surface area contributed by atoms with Crippen LogP contribution >= 0.6 is 11.8 Å². The van der Waals surface area contributed by atoms with Gasteiger partial charge in [-0.2, -0.15) is 0 Å². The highest BCUT2D eigenvalue weighted by Gasteiger charge is 2.28. The molecule has 1 aliphatic rings. The molecule has 176 valence electrons. The zero-order valence-electron chi connectivity index (χ0n) is 20.3. The Hall–Kier alpha value is -1.90. The average molecular weight is 460 g/mol. The first-order valence-electron chi connectivity index (χ1n) is 11.4. The second-order valence-electron chi connectivity index (χ2n) is 9.86. The van der Waals surface area contributed by atoms with Crippen molar-refractivity contribution in [2.75, 3.05) is 38.6 Å². The number of morpholine rings is 1. The highest BCUT2D eigenvalue weighted by Crippen LogP contribution is 2.27. The molecule has 0 spiro atoms. The predicted octanol–water partition coefficient (Wildman–Crippen LogP) is 3.58. The van der Waals surface area contributed by atoms with Crippen LogP contribution in [0, 0.1) is 0 Å². The molecule has 2 heterocycles. The summed E-state index contributed by atoms with van der Waals surface area (Å²) in [5.41, 5.74) is 2.34. The monoisotopic (exact) mass is 459 g/mol. The van der Waals surface area contributed by atoms with E-state index in [2.05, 4.69) is 90.8 Å². The maximum atomic E-state index is 12.5. The molecule has 32 heavy (non-hydrogen) atoms. The summed E-state index contributed by atoms with van der Waals surface area (Å²) in [5, 5.41) is 12.6. The van der Waals surface area contributed by atoms with Crippen molar-refractivity contribution in [1.82, 2.24) is 25.0 Å². The van der Waals surface area contributed by atoms with Crippen molar-refractivity contribution in [3.8, 4) is 11.4 Å². The van der Waals surface area contributed by atoms with Crippen LogP contribution in [0.25, 0.3) is 11.4 Å². The summed E-state index contributed by atoms with van der Waals surface area (Å²) < 4.78 is 7.51. The van der Waals surface area contributed by atoms with Crippen LogP contribution in [0.4, 0.5) is 0 Å². The molecule has 1 N–H and O–H groups in total. The van der Waals surface area contributed by atoms with E-state index in [1.807, 2.05) is 0 Å². The number of nitrogens with one attached hydrogen (secondary N) is 1. The van der Waals surface area contributed by atoms with Gasteiger partial charge in [0.2, 0.25) is 5.91 Å². The fourth-order valence-electron chi connectivity index (χ4n) is 3.79. The van der Waals surface area contributed by atoms with Crippen LogP contribution in [0.5, 0.6) is 0 Å². The third-order valence-electron chi connectivity index (χ3n) is 5.96. The largest absolute Gasteiger partial charge is 0.379 e. The number of thioether (sulfide) groups is 1. The molecule has 1 aliphatic heterocycles. The van der Waals surface area contributed by atoms with E-state index in [1.165, 1.54) is 17.3 Å². The van der Waals surface area contributed by atoms with Crippen LogP contribution < -0.4 is 5.32 Å². The Labute approximate surface area is 196 Å². The van der Waals surface area contributed by atoms with Crippen molar-refractivity contribution in [1.29, 1.82) is 0 Å². The molecule has 2 aromatic rings. The van der Waals surface area contributed by atoms with Crippen LogP contribution in [0.1, 0.15) is 47.1 Å². The van der Waals surface area contributed by atoms with Crippen molar-refractivity contribution in [3.05, 3.63) is 29.8 Å². The van der Waals surface area contributed by atoms with Crippen LogP contribution in [0.2, 0.25) is 0 Å². The van der Waals surface area contributed by atoms with Crippen molar-refractivity contribution in [3.63, 3.8) is 0 Å². The Morgan fingerprint density at radius 3 is 2.34 bits per heavy atom. The van der Waals surface area contributed by atoms with E-state index in [0.29, 0.717) is 12.3 Å². The zero-order valence-corrected chi connectivity index (χ0v) is 21.1. The maximum Gasteiger partial charge on any atom is 0.230 e. The molecule has 0 aliphatic carbocycles. The number of rotatable bonds is 8. The molecule has 0 radical (unpaired) electrons. The van der Waals surface area contributed by atoms with E-state index in [9.17, 15) is 4.79 Å². The summed E-state index contributed by atoms with van der Waals surface area (Å²) >= 11 is 1.43. The molecule has 3 rings (SSSR count). The lowest BCUT2D eigenvalue weighted by atomic mass is 9.87. The van der Waals surface area contributed by atoms with E-state index >= 15 is 0 Å². The van der Waals surface area contributed by atoms with E-state index in [0.717, 1.165) is 49.4 Å². The van der Waals surface area contributed by atoms with Crippen molar-refractivity contribution in [2.24, 2.45) is 0 Å². The Balaban J connectivity index is 1.58. The van der Waals surface area contributed by atoms with Gasteiger partial charge in [0.05, 0.1) is 19.0 Å². The van der Waals surface area contributed by atoms with Gasteiger partial charge >= 0.3 is 0 Å². The van der Waals surface area contributed by atoms with Gasteiger partial charge in [-0.25, -0.2) is 0 Å². The Kier molecular flexibility index (Phi) is 8.01. The van der Waals surface area contributed by atoms with Crippen LogP contribution in [-0.2, 0) is 21.5 Å². The van der Waals surface area contributed by atoms with E-state index in [-0.39, 0.29) is 16.9 Å². The molecule has 1 aromatic heterocycles. The third-order valence-corrected chi connectivity index (χ3v) is 6.93. The molecule has 1 fully saturated rings. The first kappa shape index (κ1) is 24.7. The highest BCUT2D eigenvalue weighted by molar-refractivity contribution is 7.99. The third kappa shape index (κ3) is 6.11. The normalized spacial score (nSPS) is 15.7. The lowest BCUT2D eigenvalue weighted by molar-refractivity contribution is -0.119. The minimum absolute atomic E-state index is 0.0121. The van der Waals surface area contributed by atoms with Gasteiger partial charge in [0, 0.05) is 37.3 Å². The van der Waals surface area contributed by atoms with Crippen molar-refractivity contribution >= 4 is 17.7 Å². The molecule has 7 nitrogen and oxygen atoms in total. The molecule has 1 aromatic carbocycles. The van der Waals surface area contributed by atoms with Gasteiger partial charge in [-0.3, -0.25) is 9.69 Å². The molecule has 0 saturated carbocycles. The second kappa shape index (κ2) is 10.4. The second-order valence-corrected chi connectivity index (χ2v) is 10.8. The van der Waals surface area contributed by atoms with Gasteiger partial charge in [-0.15, -0.1) is 10.2 Å². The number of nitrogens with zero attached hydrogens (tertiary/aromatic N) is 4. The van der Waals surface area contributed by atoms with E-state index < -0.39 is 0 Å². The standard InChI is InChI=1S/C24H37N5O2S/c1-7-29-21(18-8-10-19(11-9-18)23(2,3)4)26-27-22(29)32-16-20(30)25-17-24(5,6)28-12-14-31-15-13-28/h8-11H,7,12-17H2,1-6H3,(H,25,30). The number of aromatic nitrogens is 3. The maximum absolute atomic E-state index is 12.5. The molecule has 0 atom stereocenters. The molecule has 1 saturated heterocycles. The first-order valence-corrected chi connectivity index (χ1v) is 12.4. The smallest absolute Gasteiger partial charge is 0.230 e. The van der Waals surface area contributed by atoms with Crippen molar-refractivity contribution < 1.29 is 9.53 Å². The molecule has 1 amide bonds. The quantitative estimate of drug-likeness (QED) is 0.609. The summed E-state index contributed by atoms with van der Waals surface area (Å²) in [6.45, 7) is 17.7. The highest BCUT2D eigenvalue weighted by atomic mass is 32.2. The van der Waals surface area contributed by atoms with Gasteiger partial charge in [0.1, 0.15) is 0 Å². The summed E-state index contributed by atoms with van der Waals surface area (Å²) in [4.78, 5) is 14.9. The van der Waals surface area contributed by atoms with Gasteiger partial charge in [0.25, 0.3) is 0 Å². The van der Waals surface area contributed by atoms with E-state index in [4.69, 9.17) is 4.74 Å². The molecular formula is C24H37N5O2S. The topological polar surface area (TPSA) is 72.3 Å². The van der Waals surface area contributed by atoms with Crippen LogP contribution in [-0.4, -0.2) is 69.7 Å². The molecule has 0 bridgehead atoms. The molecular weight excluding hydrogens is 422 g/mol. The molecule has 8 heteroatoms. The summed E-state index contributed by atoms with van der Waals surface area (Å²) in [6.07, 6.45) is 0. The van der Waals surface area contributed by atoms with Gasteiger partial charge in [0.15, 0.2) is 11.0 Å².